The third-order valence-corrected chi connectivity index (χ3v) is 4.40. The van der Waals surface area contributed by atoms with E-state index in [9.17, 15) is 18.4 Å². The molecule has 0 spiro atoms. The van der Waals surface area contributed by atoms with Crippen molar-refractivity contribution in [3.8, 4) is 0 Å². The molecule has 0 unspecified atom stereocenters. The fraction of sp³-hybridized carbons (Fsp3) is 0.368. The zero-order valence-corrected chi connectivity index (χ0v) is 15.4. The Kier molecular flexibility index (Phi) is 5.92. The molecule has 0 bridgehead atoms. The number of ketones is 1. The summed E-state index contributed by atoms with van der Waals surface area (Å²) in [6.07, 6.45) is 0. The molecule has 7 heteroatoms. The number of esters is 1. The van der Waals surface area contributed by atoms with Gasteiger partial charge in [-0.15, -0.1) is 0 Å². The maximum Gasteiger partial charge on any atom is 0.339 e. The fourth-order valence-corrected chi connectivity index (χ4v) is 3.01. The van der Waals surface area contributed by atoms with Crippen molar-refractivity contribution < 1.29 is 23.1 Å². The molecule has 0 aliphatic rings. The number of benzene rings is 1. The maximum absolute atomic E-state index is 13.9. The molecule has 2 aromatic rings. The van der Waals surface area contributed by atoms with Crippen LogP contribution in [0.5, 0.6) is 0 Å². The molecule has 2 N–H and O–H groups in total. The number of Topliss-reactive ketones (excluding diaryl/α,β-unsaturated/α-hetero) is 1. The summed E-state index contributed by atoms with van der Waals surface area (Å²) in [6, 6.07) is 2.16. The highest BCUT2D eigenvalue weighted by atomic mass is 19.1. The van der Waals surface area contributed by atoms with Crippen LogP contribution in [0.1, 0.15) is 57.6 Å². The molecular weight excluding hydrogens is 342 g/mol. The van der Waals surface area contributed by atoms with Crippen LogP contribution in [0.25, 0.3) is 0 Å². The number of nitrogens with one attached hydrogen (secondary N) is 2. The summed E-state index contributed by atoms with van der Waals surface area (Å²) in [5.41, 5.74) is 1.95. The van der Waals surface area contributed by atoms with Crippen molar-refractivity contribution in [2.75, 3.05) is 7.11 Å². The lowest BCUT2D eigenvalue weighted by molar-refractivity contribution is 0.0599. The minimum absolute atomic E-state index is 0.265. The van der Waals surface area contributed by atoms with E-state index in [1.54, 1.807) is 27.7 Å². The number of rotatable bonds is 6. The van der Waals surface area contributed by atoms with Gasteiger partial charge in [0.2, 0.25) is 0 Å². The van der Waals surface area contributed by atoms with Gasteiger partial charge in [-0.25, -0.2) is 13.6 Å². The number of aryl methyl sites for hydroxylation is 1. The first-order valence-electron chi connectivity index (χ1n) is 8.20. The van der Waals surface area contributed by atoms with Crippen LogP contribution in [0.4, 0.5) is 8.78 Å². The standard InChI is InChI=1S/C19H22F2N2O3/c1-9-16(19(25)26-5)11(3)23-17(9)18(24)12(4)22-10(2)14-7-6-13(20)8-15(14)21/h6-8,10,12,22-23H,1-5H3/t10-,12+/m1/s1. The molecule has 0 amide bonds. The molecule has 1 heterocycles. The average Bonchev–Trinajstić information content (AvgIpc) is 2.87. The smallest absolute Gasteiger partial charge is 0.339 e. The molecule has 2 atom stereocenters. The number of carbonyl (C=O) groups is 2. The van der Waals surface area contributed by atoms with E-state index in [0.717, 1.165) is 6.07 Å². The second kappa shape index (κ2) is 7.78. The molecule has 5 nitrogen and oxygen atoms in total. The number of hydrogen-bond donors (Lipinski definition) is 2. The predicted octanol–water partition coefficient (Wildman–Crippen LogP) is 3.62. The number of carbonyl (C=O) groups excluding carboxylic acids is 2. The van der Waals surface area contributed by atoms with Gasteiger partial charge in [-0.1, -0.05) is 6.07 Å². The number of aromatic nitrogens is 1. The molecular formula is C19H22F2N2O3. The highest BCUT2D eigenvalue weighted by molar-refractivity contribution is 6.03. The monoisotopic (exact) mass is 364 g/mol. The topological polar surface area (TPSA) is 71.2 Å². The van der Waals surface area contributed by atoms with E-state index in [2.05, 4.69) is 10.3 Å². The van der Waals surface area contributed by atoms with Crippen LogP contribution in [0.3, 0.4) is 0 Å². The number of ether oxygens (including phenoxy) is 1. The predicted molar refractivity (Wildman–Crippen MR) is 93.3 cm³/mol. The normalized spacial score (nSPS) is 13.3. The van der Waals surface area contributed by atoms with Crippen molar-refractivity contribution in [3.05, 3.63) is 57.9 Å². The van der Waals surface area contributed by atoms with Gasteiger partial charge in [0, 0.05) is 23.4 Å². The Morgan fingerprint density at radius 1 is 1.19 bits per heavy atom. The SMILES string of the molecule is COC(=O)c1c(C)[nH]c(C(=O)[C@H](C)N[C@H](C)c2ccc(F)cc2F)c1C. The van der Waals surface area contributed by atoms with Gasteiger partial charge in [0.05, 0.1) is 24.4 Å². The molecule has 0 fully saturated rings. The lowest BCUT2D eigenvalue weighted by atomic mass is 10.0. The number of methoxy groups -OCH3 is 1. The molecule has 2 rings (SSSR count). The molecule has 0 radical (unpaired) electrons. The maximum atomic E-state index is 13.9. The summed E-state index contributed by atoms with van der Waals surface area (Å²) in [5.74, 6) is -2.12. The molecule has 26 heavy (non-hydrogen) atoms. The minimum Gasteiger partial charge on any atom is -0.465 e. The Morgan fingerprint density at radius 3 is 2.42 bits per heavy atom. The third-order valence-electron chi connectivity index (χ3n) is 4.40. The van der Waals surface area contributed by atoms with E-state index in [1.165, 1.54) is 19.2 Å². The Bertz CT molecular complexity index is 846. The molecule has 0 aliphatic heterocycles. The quantitative estimate of drug-likeness (QED) is 0.607. The molecule has 140 valence electrons. The number of halogens is 2. The van der Waals surface area contributed by atoms with E-state index in [0.29, 0.717) is 22.5 Å². The highest BCUT2D eigenvalue weighted by Gasteiger charge is 2.26. The summed E-state index contributed by atoms with van der Waals surface area (Å²) in [4.78, 5) is 27.5. The van der Waals surface area contributed by atoms with Gasteiger partial charge < -0.3 is 15.0 Å². The fourth-order valence-electron chi connectivity index (χ4n) is 3.01. The van der Waals surface area contributed by atoms with E-state index >= 15 is 0 Å². The summed E-state index contributed by atoms with van der Waals surface area (Å²) in [5, 5.41) is 3.01. The largest absolute Gasteiger partial charge is 0.465 e. The number of H-pyrrole nitrogens is 1. The Balaban J connectivity index is 2.21. The third kappa shape index (κ3) is 3.83. The van der Waals surface area contributed by atoms with E-state index in [4.69, 9.17) is 4.74 Å². The summed E-state index contributed by atoms with van der Waals surface area (Å²) in [6.45, 7) is 6.68. The van der Waals surface area contributed by atoms with Crippen molar-refractivity contribution in [2.45, 2.75) is 39.8 Å². The van der Waals surface area contributed by atoms with Crippen LogP contribution in [0, 0.1) is 25.5 Å². The van der Waals surface area contributed by atoms with Crippen LogP contribution in [-0.2, 0) is 4.74 Å². The molecule has 1 aromatic heterocycles. The Hall–Kier alpha value is -2.54. The van der Waals surface area contributed by atoms with Crippen LogP contribution in [0.2, 0.25) is 0 Å². The first-order valence-corrected chi connectivity index (χ1v) is 8.20. The minimum atomic E-state index is -0.676. The summed E-state index contributed by atoms with van der Waals surface area (Å²) < 4.78 is 31.7. The second-order valence-electron chi connectivity index (χ2n) is 6.26. The van der Waals surface area contributed by atoms with Crippen molar-refractivity contribution in [1.82, 2.24) is 10.3 Å². The van der Waals surface area contributed by atoms with Gasteiger partial charge in [0.25, 0.3) is 0 Å². The summed E-state index contributed by atoms with van der Waals surface area (Å²) in [7, 11) is 1.28. The van der Waals surface area contributed by atoms with Gasteiger partial charge in [-0.2, -0.15) is 0 Å². The van der Waals surface area contributed by atoms with Crippen LogP contribution in [0.15, 0.2) is 18.2 Å². The van der Waals surface area contributed by atoms with Crippen molar-refractivity contribution in [2.24, 2.45) is 0 Å². The molecule has 1 aromatic carbocycles. The first kappa shape index (κ1) is 19.8. The molecule has 0 saturated heterocycles. The van der Waals surface area contributed by atoms with Crippen molar-refractivity contribution in [1.29, 1.82) is 0 Å². The van der Waals surface area contributed by atoms with Gasteiger partial charge in [0.1, 0.15) is 11.6 Å². The zero-order chi connectivity index (χ0) is 19.6. The van der Waals surface area contributed by atoms with Gasteiger partial charge in [-0.05, 0) is 39.3 Å². The molecule has 0 aliphatic carbocycles. The number of hydrogen-bond acceptors (Lipinski definition) is 4. The highest BCUT2D eigenvalue weighted by Crippen LogP contribution is 2.22. The Labute approximate surface area is 150 Å². The Morgan fingerprint density at radius 2 is 1.85 bits per heavy atom. The molecule has 0 saturated carbocycles. The van der Waals surface area contributed by atoms with Gasteiger partial charge in [0.15, 0.2) is 5.78 Å². The lowest BCUT2D eigenvalue weighted by Crippen LogP contribution is -2.36. The second-order valence-corrected chi connectivity index (χ2v) is 6.26. The van der Waals surface area contributed by atoms with Gasteiger partial charge >= 0.3 is 5.97 Å². The van der Waals surface area contributed by atoms with E-state index in [1.807, 2.05) is 0 Å². The van der Waals surface area contributed by atoms with Crippen molar-refractivity contribution >= 4 is 11.8 Å². The average molecular weight is 364 g/mol. The summed E-state index contributed by atoms with van der Waals surface area (Å²) >= 11 is 0. The van der Waals surface area contributed by atoms with Crippen molar-refractivity contribution in [3.63, 3.8) is 0 Å². The van der Waals surface area contributed by atoms with Crippen LogP contribution in [-0.4, -0.2) is 29.9 Å². The lowest BCUT2D eigenvalue weighted by Gasteiger charge is -2.20. The first-order chi connectivity index (χ1) is 12.2. The van der Waals surface area contributed by atoms with E-state index in [-0.39, 0.29) is 11.3 Å². The van der Waals surface area contributed by atoms with Crippen LogP contribution < -0.4 is 5.32 Å². The zero-order valence-electron chi connectivity index (χ0n) is 15.4. The van der Waals surface area contributed by atoms with Crippen LogP contribution >= 0.6 is 0 Å². The van der Waals surface area contributed by atoms with E-state index < -0.39 is 29.7 Å². The van der Waals surface area contributed by atoms with Gasteiger partial charge in [-0.3, -0.25) is 4.79 Å². The number of aromatic amines is 1.